The number of likely N-dealkylation sites (N-methyl/N-ethyl adjacent to an activating group) is 2. The molecule has 0 fully saturated rings. The van der Waals surface area contributed by atoms with E-state index in [-0.39, 0.29) is 23.6 Å². The molecule has 10 bridgehead atoms. The van der Waals surface area contributed by atoms with Crippen molar-refractivity contribution in [1.82, 2.24) is 9.80 Å². The Morgan fingerprint density at radius 1 is 0.705 bits per heavy atom. The minimum absolute atomic E-state index is 0.00740. The Hall–Kier alpha value is -4.40. The normalized spacial score (nSPS) is 19.6. The van der Waals surface area contributed by atoms with Crippen LogP contribution in [0.3, 0.4) is 0 Å². The van der Waals surface area contributed by atoms with Crippen LogP contribution in [-0.2, 0) is 25.7 Å². The van der Waals surface area contributed by atoms with Crippen LogP contribution < -0.4 is 18.9 Å². The van der Waals surface area contributed by atoms with Gasteiger partial charge in [-0.1, -0.05) is 18.2 Å². The molecular weight excluding hydrogens is 556 g/mol. The number of phenolic OH excluding ortho intramolecular Hbond substituents is 2. The third-order valence-electron chi connectivity index (χ3n) is 9.48. The number of aromatic hydroxyl groups is 2. The smallest absolute Gasteiger partial charge is 0.201 e. The highest BCUT2D eigenvalue weighted by molar-refractivity contribution is 5.62. The van der Waals surface area contributed by atoms with E-state index in [1.807, 2.05) is 30.3 Å². The van der Waals surface area contributed by atoms with Gasteiger partial charge in [-0.05, 0) is 110 Å². The van der Waals surface area contributed by atoms with Crippen molar-refractivity contribution >= 4 is 0 Å². The second-order valence-electron chi connectivity index (χ2n) is 12.1. The number of benzene rings is 4. The minimum Gasteiger partial charge on any atom is -0.504 e. The SMILES string of the molecule is COc1cc2c3cc1Oc1c(O)c(OC)cc4c1CCN(C)[C@@H]4Cc1ccc(cc1)Oc1cc(ccc1O)C[C@@H]3N(C)CC2. The highest BCUT2D eigenvalue weighted by atomic mass is 16.5. The van der Waals surface area contributed by atoms with Crippen LogP contribution in [0.4, 0.5) is 0 Å². The van der Waals surface area contributed by atoms with Crippen LogP contribution in [0.25, 0.3) is 0 Å². The van der Waals surface area contributed by atoms with Crippen molar-refractivity contribution in [2.24, 2.45) is 0 Å². The quantitative estimate of drug-likeness (QED) is 0.270. The molecule has 0 radical (unpaired) electrons. The highest BCUT2D eigenvalue weighted by Gasteiger charge is 2.33. The van der Waals surface area contributed by atoms with Gasteiger partial charge in [-0.15, -0.1) is 0 Å². The molecule has 2 atom stereocenters. The molecule has 2 N–H and O–H groups in total. The topological polar surface area (TPSA) is 83.9 Å². The largest absolute Gasteiger partial charge is 0.504 e. The molecule has 0 unspecified atom stereocenters. The molecule has 0 amide bonds. The average molecular weight is 595 g/mol. The van der Waals surface area contributed by atoms with Gasteiger partial charge in [-0.25, -0.2) is 0 Å². The Labute approximate surface area is 258 Å². The molecule has 0 aliphatic carbocycles. The summed E-state index contributed by atoms with van der Waals surface area (Å²) in [6, 6.07) is 19.8. The summed E-state index contributed by atoms with van der Waals surface area (Å²) in [6.45, 7) is 1.71. The van der Waals surface area contributed by atoms with E-state index in [9.17, 15) is 10.2 Å². The Morgan fingerprint density at radius 2 is 1.39 bits per heavy atom. The molecule has 4 aromatic carbocycles. The molecule has 4 aliphatic heterocycles. The van der Waals surface area contributed by atoms with Gasteiger partial charge in [-0.2, -0.15) is 0 Å². The van der Waals surface area contributed by atoms with Gasteiger partial charge in [0.15, 0.2) is 34.5 Å². The summed E-state index contributed by atoms with van der Waals surface area (Å²) in [4.78, 5) is 4.68. The van der Waals surface area contributed by atoms with Crippen LogP contribution in [0.15, 0.2) is 60.7 Å². The summed E-state index contributed by atoms with van der Waals surface area (Å²) in [5.41, 5.74) is 6.58. The van der Waals surface area contributed by atoms with E-state index in [4.69, 9.17) is 18.9 Å². The van der Waals surface area contributed by atoms with E-state index in [0.717, 1.165) is 60.2 Å². The van der Waals surface area contributed by atoms with Crippen molar-refractivity contribution in [1.29, 1.82) is 0 Å². The van der Waals surface area contributed by atoms with Crippen LogP contribution >= 0.6 is 0 Å². The lowest BCUT2D eigenvalue weighted by molar-refractivity contribution is 0.224. The lowest BCUT2D eigenvalue weighted by atomic mass is 9.87. The summed E-state index contributed by atoms with van der Waals surface area (Å²) in [6.07, 6.45) is 3.05. The fourth-order valence-corrected chi connectivity index (χ4v) is 6.93. The van der Waals surface area contributed by atoms with Gasteiger partial charge in [-0.3, -0.25) is 9.80 Å². The molecule has 4 aromatic rings. The molecule has 4 aliphatic rings. The third-order valence-corrected chi connectivity index (χ3v) is 9.48. The summed E-state index contributed by atoms with van der Waals surface area (Å²) < 4.78 is 24.4. The fraction of sp³-hybridized carbons (Fsp3) is 0.333. The summed E-state index contributed by atoms with van der Waals surface area (Å²) >= 11 is 0. The Balaban J connectivity index is 1.44. The molecule has 4 heterocycles. The van der Waals surface area contributed by atoms with Crippen molar-refractivity contribution in [2.45, 2.75) is 37.8 Å². The number of phenols is 2. The molecule has 0 saturated carbocycles. The Morgan fingerprint density at radius 3 is 2.14 bits per heavy atom. The van der Waals surface area contributed by atoms with Crippen LogP contribution in [0, 0.1) is 0 Å². The number of ether oxygens (including phenoxy) is 4. The van der Waals surface area contributed by atoms with Crippen LogP contribution in [-0.4, -0.2) is 61.4 Å². The zero-order valence-corrected chi connectivity index (χ0v) is 25.6. The number of nitrogens with zero attached hydrogens (tertiary/aromatic N) is 2. The fourth-order valence-electron chi connectivity index (χ4n) is 6.93. The molecule has 228 valence electrons. The van der Waals surface area contributed by atoms with Gasteiger partial charge >= 0.3 is 0 Å². The lowest BCUT2D eigenvalue weighted by Crippen LogP contribution is -2.34. The monoisotopic (exact) mass is 594 g/mol. The zero-order valence-electron chi connectivity index (χ0n) is 25.6. The zero-order chi connectivity index (χ0) is 30.5. The van der Waals surface area contributed by atoms with E-state index in [1.54, 1.807) is 20.3 Å². The first-order valence-electron chi connectivity index (χ1n) is 15.1. The number of rotatable bonds is 2. The van der Waals surface area contributed by atoms with Crippen LogP contribution in [0.1, 0.15) is 45.5 Å². The van der Waals surface area contributed by atoms with Gasteiger partial charge in [0.05, 0.1) is 14.2 Å². The summed E-state index contributed by atoms with van der Waals surface area (Å²) in [5, 5.41) is 22.1. The predicted molar refractivity (Wildman–Crippen MR) is 168 cm³/mol. The predicted octanol–water partition coefficient (Wildman–Crippen LogP) is 6.56. The molecule has 8 heteroatoms. The summed E-state index contributed by atoms with van der Waals surface area (Å²) in [7, 11) is 7.48. The third kappa shape index (κ3) is 4.98. The Kier molecular flexibility index (Phi) is 7.26. The first-order valence-corrected chi connectivity index (χ1v) is 15.1. The molecule has 0 spiro atoms. The number of fused-ring (bicyclic) bond motifs is 2. The second kappa shape index (κ2) is 11.3. The molecule has 0 aromatic heterocycles. The van der Waals surface area contributed by atoms with Gasteiger partial charge in [0.2, 0.25) is 5.75 Å². The number of hydrogen-bond acceptors (Lipinski definition) is 8. The maximum Gasteiger partial charge on any atom is 0.201 e. The standard InChI is InChI=1S/C36H38N2O6/c1-37-13-11-23-18-32(41-3)33-19-26(23)28(37)16-22-7-10-30(39)31(17-22)43-24-8-5-21(6-9-24)15-29-27-20-34(42-4)35(40)36(44-33)25(27)12-14-38(29)2/h5-10,17-20,28-29,39-40H,11-16H2,1-4H3/t28-,29+/m0/s1. The van der Waals surface area contributed by atoms with E-state index in [2.05, 4.69) is 48.2 Å². The molecule has 0 saturated heterocycles. The van der Waals surface area contributed by atoms with Crippen LogP contribution in [0.2, 0.25) is 0 Å². The first kappa shape index (κ1) is 28.4. The Bertz CT molecular complexity index is 1720. The van der Waals surface area contributed by atoms with E-state index < -0.39 is 0 Å². The van der Waals surface area contributed by atoms with Crippen LogP contribution in [0.5, 0.6) is 46.0 Å². The number of methoxy groups -OCH3 is 2. The van der Waals surface area contributed by atoms with Crippen molar-refractivity contribution in [3.63, 3.8) is 0 Å². The maximum absolute atomic E-state index is 11.5. The van der Waals surface area contributed by atoms with E-state index in [0.29, 0.717) is 40.9 Å². The minimum atomic E-state index is -0.00740. The first-order chi connectivity index (χ1) is 21.3. The summed E-state index contributed by atoms with van der Waals surface area (Å²) in [5.74, 6) is 3.16. The lowest BCUT2D eigenvalue weighted by Gasteiger charge is -2.37. The average Bonchev–Trinajstić information content (AvgIpc) is 3.03. The van der Waals surface area contributed by atoms with Gasteiger partial charge in [0.1, 0.15) is 5.75 Å². The van der Waals surface area contributed by atoms with Crippen molar-refractivity contribution < 1.29 is 29.2 Å². The van der Waals surface area contributed by atoms with Gasteiger partial charge in [0.25, 0.3) is 0 Å². The van der Waals surface area contributed by atoms with E-state index in [1.165, 1.54) is 5.56 Å². The maximum atomic E-state index is 11.5. The number of hydrogen-bond donors (Lipinski definition) is 2. The highest BCUT2D eigenvalue weighted by Crippen LogP contribution is 2.50. The molecule has 8 rings (SSSR count). The molecule has 8 nitrogen and oxygen atoms in total. The van der Waals surface area contributed by atoms with Crippen molar-refractivity contribution in [2.75, 3.05) is 41.4 Å². The van der Waals surface area contributed by atoms with E-state index >= 15 is 0 Å². The van der Waals surface area contributed by atoms with Crippen molar-refractivity contribution in [3.05, 3.63) is 94.0 Å². The van der Waals surface area contributed by atoms with Gasteiger partial charge in [0, 0.05) is 30.7 Å². The van der Waals surface area contributed by atoms with Gasteiger partial charge < -0.3 is 29.2 Å². The van der Waals surface area contributed by atoms with Crippen molar-refractivity contribution in [3.8, 4) is 46.0 Å². The molecule has 44 heavy (non-hydrogen) atoms. The second-order valence-corrected chi connectivity index (χ2v) is 12.1. The molecular formula is C36H38N2O6.